The summed E-state index contributed by atoms with van der Waals surface area (Å²) in [5.74, 6) is -0.226. The molecule has 25 heavy (non-hydrogen) atoms. The van der Waals surface area contributed by atoms with E-state index < -0.39 is 0 Å². The van der Waals surface area contributed by atoms with Gasteiger partial charge in [0.05, 0.1) is 13.1 Å². The molecule has 6 heteroatoms. The Morgan fingerprint density at radius 3 is 2.24 bits per heavy atom. The van der Waals surface area contributed by atoms with E-state index in [1.54, 1.807) is 41.1 Å². The molecule has 0 bridgehead atoms. The van der Waals surface area contributed by atoms with E-state index in [9.17, 15) is 9.59 Å². The number of benzene rings is 2. The van der Waals surface area contributed by atoms with Crippen molar-refractivity contribution in [2.75, 3.05) is 36.9 Å². The highest BCUT2D eigenvalue weighted by Crippen LogP contribution is 2.14. The van der Waals surface area contributed by atoms with E-state index in [2.05, 4.69) is 5.32 Å². The molecule has 0 spiro atoms. The Kier molecular flexibility index (Phi) is 6.98. The predicted molar refractivity (Wildman–Crippen MR) is 102 cm³/mol. The van der Waals surface area contributed by atoms with E-state index in [1.807, 2.05) is 37.3 Å². The molecule has 0 aliphatic rings. The van der Waals surface area contributed by atoms with Crippen molar-refractivity contribution in [2.24, 2.45) is 0 Å². The normalized spacial score (nSPS) is 10.6. The standard InChI is InChI=1S/C19H22ClN3O2/c1-3-23(17-7-5-4-6-8-17)19(25)14-22(2)13-18(24)21-16-11-9-15(20)10-12-16/h4-12H,3,13-14H2,1-2H3,(H,21,24). The number of hydrogen-bond donors (Lipinski definition) is 1. The molecule has 0 unspecified atom stereocenters. The second-order valence-corrected chi connectivity index (χ2v) is 6.14. The third-order valence-electron chi connectivity index (χ3n) is 3.63. The average Bonchev–Trinajstić information content (AvgIpc) is 2.58. The maximum absolute atomic E-state index is 12.5. The monoisotopic (exact) mass is 359 g/mol. The van der Waals surface area contributed by atoms with E-state index >= 15 is 0 Å². The Balaban J connectivity index is 1.87. The van der Waals surface area contributed by atoms with Crippen molar-refractivity contribution in [3.05, 3.63) is 59.6 Å². The van der Waals surface area contributed by atoms with Crippen LogP contribution in [0.2, 0.25) is 5.02 Å². The molecule has 0 aromatic heterocycles. The summed E-state index contributed by atoms with van der Waals surface area (Å²) in [6.07, 6.45) is 0. The molecule has 0 heterocycles. The van der Waals surface area contributed by atoms with E-state index in [0.717, 1.165) is 5.69 Å². The van der Waals surface area contributed by atoms with Crippen LogP contribution < -0.4 is 10.2 Å². The first-order valence-corrected chi connectivity index (χ1v) is 8.46. The third-order valence-corrected chi connectivity index (χ3v) is 3.88. The number of halogens is 1. The van der Waals surface area contributed by atoms with E-state index in [-0.39, 0.29) is 24.9 Å². The number of para-hydroxylation sites is 1. The zero-order valence-electron chi connectivity index (χ0n) is 14.4. The lowest BCUT2D eigenvalue weighted by Gasteiger charge is -2.24. The summed E-state index contributed by atoms with van der Waals surface area (Å²) < 4.78 is 0. The summed E-state index contributed by atoms with van der Waals surface area (Å²) in [4.78, 5) is 28.0. The Labute approximate surface area is 153 Å². The van der Waals surface area contributed by atoms with Crippen LogP contribution in [0, 0.1) is 0 Å². The molecule has 0 aliphatic carbocycles. The molecule has 0 atom stereocenters. The number of rotatable bonds is 7. The van der Waals surface area contributed by atoms with Gasteiger partial charge in [-0.25, -0.2) is 0 Å². The van der Waals surface area contributed by atoms with Gasteiger partial charge in [-0.3, -0.25) is 14.5 Å². The highest BCUT2D eigenvalue weighted by molar-refractivity contribution is 6.30. The van der Waals surface area contributed by atoms with Crippen molar-refractivity contribution in [1.82, 2.24) is 4.90 Å². The van der Waals surface area contributed by atoms with Gasteiger partial charge in [0.25, 0.3) is 0 Å². The van der Waals surface area contributed by atoms with Crippen LogP contribution in [0.15, 0.2) is 54.6 Å². The van der Waals surface area contributed by atoms with Crippen molar-refractivity contribution < 1.29 is 9.59 Å². The van der Waals surface area contributed by atoms with Crippen LogP contribution in [-0.2, 0) is 9.59 Å². The first-order chi connectivity index (χ1) is 12.0. The second kappa shape index (κ2) is 9.20. The molecule has 5 nitrogen and oxygen atoms in total. The number of nitrogens with zero attached hydrogens (tertiary/aromatic N) is 2. The Bertz CT molecular complexity index is 704. The number of hydrogen-bond acceptors (Lipinski definition) is 3. The van der Waals surface area contributed by atoms with Crippen LogP contribution in [0.3, 0.4) is 0 Å². The number of nitrogens with one attached hydrogen (secondary N) is 1. The molecule has 0 saturated carbocycles. The summed E-state index contributed by atoms with van der Waals surface area (Å²) in [6.45, 7) is 2.79. The van der Waals surface area contributed by atoms with Crippen molar-refractivity contribution in [2.45, 2.75) is 6.92 Å². The first kappa shape index (κ1) is 19.0. The zero-order chi connectivity index (χ0) is 18.2. The smallest absolute Gasteiger partial charge is 0.241 e. The summed E-state index contributed by atoms with van der Waals surface area (Å²) in [5, 5.41) is 3.40. The van der Waals surface area contributed by atoms with Gasteiger partial charge in [-0.15, -0.1) is 0 Å². The van der Waals surface area contributed by atoms with Crippen molar-refractivity contribution in [3.63, 3.8) is 0 Å². The number of carbonyl (C=O) groups excluding carboxylic acids is 2. The Morgan fingerprint density at radius 1 is 1.00 bits per heavy atom. The van der Waals surface area contributed by atoms with Crippen LogP contribution in [0.5, 0.6) is 0 Å². The van der Waals surface area contributed by atoms with Gasteiger partial charge in [-0.05, 0) is 50.4 Å². The lowest BCUT2D eigenvalue weighted by atomic mass is 10.2. The SMILES string of the molecule is CCN(C(=O)CN(C)CC(=O)Nc1ccc(Cl)cc1)c1ccccc1. The van der Waals surface area contributed by atoms with Crippen molar-refractivity contribution in [1.29, 1.82) is 0 Å². The van der Waals surface area contributed by atoms with Gasteiger partial charge in [0, 0.05) is 22.9 Å². The number of likely N-dealkylation sites (N-methyl/N-ethyl adjacent to an activating group) is 2. The fourth-order valence-corrected chi connectivity index (χ4v) is 2.59. The minimum Gasteiger partial charge on any atom is -0.325 e. The molecule has 132 valence electrons. The van der Waals surface area contributed by atoms with Gasteiger partial charge in [-0.2, -0.15) is 0 Å². The van der Waals surface area contributed by atoms with Crippen LogP contribution in [0.4, 0.5) is 11.4 Å². The highest BCUT2D eigenvalue weighted by Gasteiger charge is 2.17. The van der Waals surface area contributed by atoms with Crippen LogP contribution in [0.1, 0.15) is 6.92 Å². The Hall–Kier alpha value is -2.37. The zero-order valence-corrected chi connectivity index (χ0v) is 15.2. The lowest BCUT2D eigenvalue weighted by Crippen LogP contribution is -2.41. The van der Waals surface area contributed by atoms with E-state index in [0.29, 0.717) is 17.3 Å². The topological polar surface area (TPSA) is 52.7 Å². The average molecular weight is 360 g/mol. The molecular formula is C19H22ClN3O2. The fourth-order valence-electron chi connectivity index (χ4n) is 2.46. The lowest BCUT2D eigenvalue weighted by molar-refractivity contribution is -0.121. The molecule has 0 saturated heterocycles. The quantitative estimate of drug-likeness (QED) is 0.825. The third kappa shape index (κ3) is 5.89. The summed E-state index contributed by atoms with van der Waals surface area (Å²) in [5.41, 5.74) is 1.53. The minimum absolute atomic E-state index is 0.0458. The van der Waals surface area contributed by atoms with Gasteiger partial charge >= 0.3 is 0 Å². The molecule has 2 aromatic carbocycles. The summed E-state index contributed by atoms with van der Waals surface area (Å²) >= 11 is 5.82. The first-order valence-electron chi connectivity index (χ1n) is 8.09. The van der Waals surface area contributed by atoms with E-state index in [4.69, 9.17) is 11.6 Å². The molecule has 2 aromatic rings. The van der Waals surface area contributed by atoms with Gasteiger partial charge < -0.3 is 10.2 Å². The number of anilines is 2. The molecule has 0 radical (unpaired) electrons. The van der Waals surface area contributed by atoms with Crippen molar-refractivity contribution in [3.8, 4) is 0 Å². The minimum atomic E-state index is -0.180. The van der Waals surface area contributed by atoms with Gasteiger partial charge in [0.2, 0.25) is 11.8 Å². The fraction of sp³-hybridized carbons (Fsp3) is 0.263. The van der Waals surface area contributed by atoms with Gasteiger partial charge in [-0.1, -0.05) is 29.8 Å². The molecule has 0 fully saturated rings. The van der Waals surface area contributed by atoms with E-state index in [1.165, 1.54) is 0 Å². The van der Waals surface area contributed by atoms with Crippen LogP contribution in [0.25, 0.3) is 0 Å². The van der Waals surface area contributed by atoms with Gasteiger partial charge in [0.1, 0.15) is 0 Å². The maximum Gasteiger partial charge on any atom is 0.241 e. The Morgan fingerprint density at radius 2 is 1.64 bits per heavy atom. The molecular weight excluding hydrogens is 338 g/mol. The summed E-state index contributed by atoms with van der Waals surface area (Å²) in [7, 11) is 1.75. The van der Waals surface area contributed by atoms with Crippen molar-refractivity contribution >= 4 is 34.8 Å². The van der Waals surface area contributed by atoms with Crippen LogP contribution >= 0.6 is 11.6 Å². The number of carbonyl (C=O) groups is 2. The molecule has 0 aliphatic heterocycles. The second-order valence-electron chi connectivity index (χ2n) is 5.70. The van der Waals surface area contributed by atoms with Gasteiger partial charge in [0.15, 0.2) is 0 Å². The number of amides is 2. The maximum atomic E-state index is 12.5. The highest BCUT2D eigenvalue weighted by atomic mass is 35.5. The largest absolute Gasteiger partial charge is 0.325 e. The summed E-state index contributed by atoms with van der Waals surface area (Å²) in [6, 6.07) is 16.4. The van der Waals surface area contributed by atoms with Crippen LogP contribution in [-0.4, -0.2) is 43.4 Å². The predicted octanol–water partition coefficient (Wildman–Crippen LogP) is 3.26. The molecule has 2 rings (SSSR count). The molecule has 1 N–H and O–H groups in total. The molecule has 2 amide bonds.